The van der Waals surface area contributed by atoms with Gasteiger partial charge in [-0.2, -0.15) is 0 Å². The molecule has 1 heterocycles. The summed E-state index contributed by atoms with van der Waals surface area (Å²) in [6, 6.07) is 9.45. The van der Waals surface area contributed by atoms with Gasteiger partial charge in [-0.15, -0.1) is 0 Å². The van der Waals surface area contributed by atoms with Gasteiger partial charge in [0, 0.05) is 47.8 Å². The fraction of sp³-hybridized carbons (Fsp3) is 0.471. The van der Waals surface area contributed by atoms with Gasteiger partial charge in [-0.1, -0.05) is 57.0 Å². The van der Waals surface area contributed by atoms with Gasteiger partial charge >= 0.3 is 0 Å². The zero-order valence-corrected chi connectivity index (χ0v) is 28.8. The Labute approximate surface area is 272 Å². The Hall–Kier alpha value is -2.03. The van der Waals surface area contributed by atoms with Crippen molar-refractivity contribution in [3.8, 4) is 11.5 Å². The lowest BCUT2D eigenvalue weighted by Crippen LogP contribution is -2.44. The summed E-state index contributed by atoms with van der Waals surface area (Å²) in [6.07, 6.45) is 2.51. The first kappa shape index (κ1) is 31.4. The Kier molecular flexibility index (Phi) is 8.83. The van der Waals surface area contributed by atoms with Gasteiger partial charge in [0.1, 0.15) is 6.61 Å². The van der Waals surface area contributed by atoms with E-state index in [1.54, 1.807) is 12.1 Å². The third kappa shape index (κ3) is 6.00. The van der Waals surface area contributed by atoms with E-state index in [-0.39, 0.29) is 29.0 Å². The lowest BCUT2D eigenvalue weighted by atomic mass is 9.63. The van der Waals surface area contributed by atoms with Crippen molar-refractivity contribution in [3.05, 3.63) is 77.6 Å². The van der Waals surface area contributed by atoms with Crippen LogP contribution in [0.3, 0.4) is 0 Å². The van der Waals surface area contributed by atoms with Gasteiger partial charge in [-0.05, 0) is 95.5 Å². The van der Waals surface area contributed by atoms with Crippen molar-refractivity contribution >= 4 is 57.4 Å². The molecule has 3 aliphatic rings. The van der Waals surface area contributed by atoms with Gasteiger partial charge < -0.3 is 14.4 Å². The highest BCUT2D eigenvalue weighted by molar-refractivity contribution is 14.1. The van der Waals surface area contributed by atoms with Crippen LogP contribution < -0.4 is 9.47 Å². The van der Waals surface area contributed by atoms with Crippen LogP contribution in [0.4, 0.5) is 0 Å². The van der Waals surface area contributed by atoms with E-state index in [0.717, 1.165) is 56.6 Å². The van der Waals surface area contributed by atoms with Gasteiger partial charge in [0.15, 0.2) is 23.1 Å². The van der Waals surface area contributed by atoms with Crippen LogP contribution in [-0.4, -0.2) is 29.6 Å². The second kappa shape index (κ2) is 11.8. The summed E-state index contributed by atoms with van der Waals surface area (Å²) in [7, 11) is 0. The Morgan fingerprint density at radius 1 is 0.857 bits per heavy atom. The predicted octanol–water partition coefficient (Wildman–Crippen LogP) is 9.28. The van der Waals surface area contributed by atoms with E-state index in [1.807, 2.05) is 19.1 Å². The second-order valence-corrected chi connectivity index (χ2v) is 15.1. The Morgan fingerprint density at radius 2 is 1.45 bits per heavy atom. The van der Waals surface area contributed by atoms with E-state index in [9.17, 15) is 9.59 Å². The van der Waals surface area contributed by atoms with Crippen LogP contribution >= 0.6 is 45.8 Å². The highest BCUT2D eigenvalue weighted by Gasteiger charge is 2.48. The number of Topliss-reactive ketones (excluding diaryl/α,β-unsaturated/α-hetero) is 2. The maximum Gasteiger partial charge on any atom is 0.174 e. The van der Waals surface area contributed by atoms with Crippen molar-refractivity contribution in [1.82, 2.24) is 4.90 Å². The molecule has 0 fully saturated rings. The molecule has 1 aliphatic heterocycles. The highest BCUT2D eigenvalue weighted by atomic mass is 127. The van der Waals surface area contributed by atoms with E-state index in [0.29, 0.717) is 41.0 Å². The number of rotatable bonds is 7. The molecule has 0 unspecified atom stereocenters. The minimum Gasteiger partial charge on any atom is -0.490 e. The van der Waals surface area contributed by atoms with Gasteiger partial charge in [-0.25, -0.2) is 0 Å². The molecule has 0 atom stereocenters. The number of halogens is 3. The topological polar surface area (TPSA) is 55.8 Å². The Morgan fingerprint density at radius 3 is 1.98 bits per heavy atom. The molecule has 5 rings (SSSR count). The van der Waals surface area contributed by atoms with Crippen molar-refractivity contribution in [2.45, 2.75) is 79.8 Å². The first-order chi connectivity index (χ1) is 19.7. The van der Waals surface area contributed by atoms with Crippen LogP contribution in [0.2, 0.25) is 10.0 Å². The maximum atomic E-state index is 14.0. The molecule has 42 heavy (non-hydrogen) atoms. The molecule has 0 radical (unpaired) electrons. The summed E-state index contributed by atoms with van der Waals surface area (Å²) >= 11 is 14.6. The average Bonchev–Trinajstić information content (AvgIpc) is 2.87. The molecule has 2 aromatic carbocycles. The average molecular weight is 722 g/mol. The quantitative estimate of drug-likeness (QED) is 0.267. The molecule has 8 heteroatoms. The van der Waals surface area contributed by atoms with E-state index < -0.39 is 5.92 Å². The first-order valence-corrected chi connectivity index (χ1v) is 16.4. The summed E-state index contributed by atoms with van der Waals surface area (Å²) in [5.41, 5.74) is 5.16. The number of allylic oxidation sites excluding steroid dienone is 4. The highest BCUT2D eigenvalue weighted by Crippen LogP contribution is 2.55. The van der Waals surface area contributed by atoms with Crippen molar-refractivity contribution in [3.63, 3.8) is 0 Å². The van der Waals surface area contributed by atoms with Gasteiger partial charge in [0.25, 0.3) is 0 Å². The summed E-state index contributed by atoms with van der Waals surface area (Å²) in [4.78, 5) is 30.2. The van der Waals surface area contributed by atoms with Crippen LogP contribution in [0.25, 0.3) is 0 Å². The molecular formula is C34H38Cl2INO4. The number of benzene rings is 2. The minimum absolute atomic E-state index is 0.127. The second-order valence-electron chi connectivity index (χ2n) is 13.1. The molecule has 5 nitrogen and oxygen atoms in total. The number of carbonyl (C=O) groups excluding carboxylic acids is 2. The van der Waals surface area contributed by atoms with Crippen molar-refractivity contribution in [2.24, 2.45) is 10.8 Å². The molecule has 0 saturated heterocycles. The van der Waals surface area contributed by atoms with Crippen LogP contribution in [0.15, 0.2) is 52.9 Å². The van der Waals surface area contributed by atoms with E-state index in [4.69, 9.17) is 32.7 Å². The first-order valence-electron chi connectivity index (χ1n) is 14.6. The summed E-state index contributed by atoms with van der Waals surface area (Å²) in [5, 5.41) is 0.965. The number of hydrogen-bond donors (Lipinski definition) is 0. The van der Waals surface area contributed by atoms with Crippen LogP contribution in [0.1, 0.15) is 84.3 Å². The molecule has 0 N–H and O–H groups in total. The normalized spacial score (nSPS) is 20.1. The summed E-state index contributed by atoms with van der Waals surface area (Å²) < 4.78 is 13.3. The monoisotopic (exact) mass is 721 g/mol. The lowest BCUT2D eigenvalue weighted by Gasteiger charge is -2.49. The third-order valence-electron chi connectivity index (χ3n) is 8.37. The largest absolute Gasteiger partial charge is 0.490 e. The summed E-state index contributed by atoms with van der Waals surface area (Å²) in [6.45, 7) is 14.1. The molecule has 0 aromatic heterocycles. The Bertz CT molecular complexity index is 1470. The molecular weight excluding hydrogens is 684 g/mol. The molecule has 0 amide bonds. The standard InChI is InChI=1S/C34H38Cl2INO4/c1-7-38-24-14-33(3,4)16-26(39)30(24)29(31-25(38)15-34(5,6)17-27(31)40)20-12-23(37)32(28(13-20)41-8-2)42-18-19-9-10-21(35)22(36)11-19/h9-13,29H,7-8,14-18H2,1-6H3. The number of ether oxygens (including phenoxy) is 2. The van der Waals surface area contributed by atoms with Crippen molar-refractivity contribution in [1.29, 1.82) is 0 Å². The van der Waals surface area contributed by atoms with E-state index in [2.05, 4.69) is 68.2 Å². The molecule has 224 valence electrons. The zero-order valence-electron chi connectivity index (χ0n) is 25.1. The lowest BCUT2D eigenvalue weighted by molar-refractivity contribution is -0.119. The maximum absolute atomic E-state index is 14.0. The number of nitrogens with zero attached hydrogens (tertiary/aromatic N) is 1. The van der Waals surface area contributed by atoms with Gasteiger partial charge in [-0.3, -0.25) is 9.59 Å². The summed E-state index contributed by atoms with van der Waals surface area (Å²) in [5.74, 6) is 1.04. The number of carbonyl (C=O) groups is 2. The van der Waals surface area contributed by atoms with Crippen molar-refractivity contribution < 1.29 is 19.1 Å². The zero-order chi connectivity index (χ0) is 30.6. The molecule has 2 aliphatic carbocycles. The molecule has 0 spiro atoms. The van der Waals surface area contributed by atoms with Crippen molar-refractivity contribution in [2.75, 3.05) is 13.2 Å². The number of hydrogen-bond acceptors (Lipinski definition) is 5. The van der Waals surface area contributed by atoms with E-state index in [1.165, 1.54) is 0 Å². The van der Waals surface area contributed by atoms with Crippen LogP contribution in [0.5, 0.6) is 11.5 Å². The van der Waals surface area contributed by atoms with Gasteiger partial charge in [0.2, 0.25) is 0 Å². The van der Waals surface area contributed by atoms with Gasteiger partial charge in [0.05, 0.1) is 20.2 Å². The Balaban J connectivity index is 1.65. The molecule has 0 bridgehead atoms. The SMILES string of the molecule is CCOc1cc(C2C3=C(CC(C)(C)CC3=O)N(CC)C3=C2C(=O)CC(C)(C)C3)cc(I)c1OCc1ccc(Cl)c(Cl)c1. The molecule has 2 aromatic rings. The van der Waals surface area contributed by atoms with Crippen LogP contribution in [0, 0.1) is 14.4 Å². The fourth-order valence-corrected chi connectivity index (χ4v) is 7.81. The predicted molar refractivity (Wildman–Crippen MR) is 176 cm³/mol. The fourth-order valence-electron chi connectivity index (χ4n) is 6.71. The molecule has 0 saturated carbocycles. The minimum atomic E-state index is -0.429. The third-order valence-corrected chi connectivity index (χ3v) is 9.91. The smallest absolute Gasteiger partial charge is 0.174 e. The number of ketones is 2. The van der Waals surface area contributed by atoms with E-state index >= 15 is 0 Å². The van der Waals surface area contributed by atoms with Crippen LogP contribution in [-0.2, 0) is 16.2 Å².